The number of aryl methyl sites for hydroxylation is 2. The third-order valence-corrected chi connectivity index (χ3v) is 9.52. The predicted octanol–water partition coefficient (Wildman–Crippen LogP) is 9.72. The minimum Gasteiger partial charge on any atom is -0.872 e. The summed E-state index contributed by atoms with van der Waals surface area (Å²) in [6.45, 7) is 14.6. The van der Waals surface area contributed by atoms with Crippen LogP contribution in [0.2, 0.25) is 0 Å². The van der Waals surface area contributed by atoms with Gasteiger partial charge in [-0.1, -0.05) is 117 Å². The van der Waals surface area contributed by atoms with Crippen LogP contribution in [0.15, 0.2) is 103 Å². The number of hydrogen-bond donors (Lipinski definition) is 0. The van der Waals surface area contributed by atoms with Crippen molar-refractivity contribution in [2.45, 2.75) is 41.0 Å². The molecule has 212 valence electrons. The number of nitrogens with zero attached hydrogens (tertiary/aromatic N) is 1. The third-order valence-electron chi connectivity index (χ3n) is 6.84. The summed E-state index contributed by atoms with van der Waals surface area (Å²) < 4.78 is 0. The zero-order chi connectivity index (χ0) is 28.2. The van der Waals surface area contributed by atoms with Gasteiger partial charge >= 0.3 is 0 Å². The first-order valence-electron chi connectivity index (χ1n) is 13.8. The smallest absolute Gasteiger partial charge is 0.0786 e. The molecule has 0 saturated heterocycles. The monoisotopic (exact) mass is 592 g/mol. The Labute approximate surface area is 253 Å². The molecule has 0 N–H and O–H groups in total. The van der Waals surface area contributed by atoms with Gasteiger partial charge in [-0.2, -0.15) is 0 Å². The second kappa shape index (κ2) is 17.0. The molecule has 4 aromatic carbocycles. The summed E-state index contributed by atoms with van der Waals surface area (Å²) in [7, 11) is 0.446. The molecule has 0 aliphatic heterocycles. The quantitative estimate of drug-likeness (QED) is 0.0824. The van der Waals surface area contributed by atoms with Gasteiger partial charge in [0.2, 0.25) is 0 Å². The number of allylic oxidation sites excluding steroid dienone is 1. The number of hydrogen-bond acceptors (Lipinski definition) is 2. The van der Waals surface area contributed by atoms with Gasteiger partial charge in [0.25, 0.3) is 0 Å². The van der Waals surface area contributed by atoms with Crippen molar-refractivity contribution in [2.75, 3.05) is 18.5 Å². The van der Waals surface area contributed by atoms with Crippen LogP contribution in [-0.4, -0.2) is 24.7 Å². The Hall–Kier alpha value is -2.99. The van der Waals surface area contributed by atoms with Gasteiger partial charge < -0.3 is 5.11 Å². The van der Waals surface area contributed by atoms with Gasteiger partial charge in [-0.15, -0.1) is 14.5 Å². The first-order valence-corrected chi connectivity index (χ1v) is 15.7. The first-order chi connectivity index (χ1) is 18.9. The van der Waals surface area contributed by atoms with E-state index < -0.39 is 0 Å². The molecule has 0 amide bonds. The van der Waals surface area contributed by atoms with E-state index in [2.05, 4.69) is 63.7 Å². The first kappa shape index (κ1) is 33.2. The summed E-state index contributed by atoms with van der Waals surface area (Å²) in [6.07, 6.45) is 8.66. The van der Waals surface area contributed by atoms with Crippen LogP contribution >= 0.6 is 7.92 Å². The molecule has 0 saturated carbocycles. The normalized spacial score (nSPS) is 10.7. The molecule has 0 aromatic heterocycles. The fourth-order valence-electron chi connectivity index (χ4n) is 4.68. The minimum absolute atomic E-state index is 0. The van der Waals surface area contributed by atoms with Crippen molar-refractivity contribution in [1.82, 2.24) is 0 Å². The standard InChI is InChI=1S/C30H27NO.C6H15P.Ni/c1-4-11-23-18-27(24-12-7-5-8-13-24)29(28(19-23)25-14-9-6-10-15-25)31-20-26-17-21(2)16-22(3)30(26)32;1-4-7(5-2)6-3;/h4-10,12-20,32H,1,11H2,2-3H3;4-6H2,1-3H3;/p-1. The molecule has 0 radical (unpaired) electrons. The molecule has 4 aromatic rings. The number of benzene rings is 4. The molecule has 0 unspecified atom stereocenters. The average molecular weight is 593 g/mol. The van der Waals surface area contributed by atoms with E-state index >= 15 is 0 Å². The molecule has 4 rings (SSSR count). The molecule has 40 heavy (non-hydrogen) atoms. The van der Waals surface area contributed by atoms with E-state index in [1.807, 2.05) is 68.5 Å². The van der Waals surface area contributed by atoms with Crippen LogP contribution in [-0.2, 0) is 22.9 Å². The summed E-state index contributed by atoms with van der Waals surface area (Å²) >= 11 is 0. The van der Waals surface area contributed by atoms with Gasteiger partial charge in [-0.3, -0.25) is 4.99 Å². The van der Waals surface area contributed by atoms with Crippen LogP contribution in [0, 0.1) is 13.8 Å². The Morgan fingerprint density at radius 2 is 1.27 bits per heavy atom. The minimum atomic E-state index is 0. The molecule has 0 atom stereocenters. The summed E-state index contributed by atoms with van der Waals surface area (Å²) in [5.41, 5.74) is 8.68. The van der Waals surface area contributed by atoms with Crippen LogP contribution in [0.5, 0.6) is 5.75 Å². The predicted molar refractivity (Wildman–Crippen MR) is 172 cm³/mol. The largest absolute Gasteiger partial charge is 0.872 e. The van der Waals surface area contributed by atoms with E-state index in [1.165, 1.54) is 24.0 Å². The van der Waals surface area contributed by atoms with Gasteiger partial charge in [0, 0.05) is 33.8 Å². The van der Waals surface area contributed by atoms with Crippen LogP contribution in [0.25, 0.3) is 22.3 Å². The van der Waals surface area contributed by atoms with Crippen molar-refractivity contribution in [2.24, 2.45) is 4.99 Å². The van der Waals surface area contributed by atoms with E-state index in [0.717, 1.165) is 45.5 Å². The summed E-state index contributed by atoms with van der Waals surface area (Å²) in [5, 5.41) is 12.7. The second-order valence-electron chi connectivity index (χ2n) is 9.64. The summed E-state index contributed by atoms with van der Waals surface area (Å²) in [4.78, 5) is 4.92. The summed E-state index contributed by atoms with van der Waals surface area (Å²) in [5.74, 6) is 0.0187. The average Bonchev–Trinajstić information content (AvgIpc) is 2.96. The molecule has 0 heterocycles. The Morgan fingerprint density at radius 1 is 0.775 bits per heavy atom. The van der Waals surface area contributed by atoms with Crippen molar-refractivity contribution < 1.29 is 21.6 Å². The van der Waals surface area contributed by atoms with E-state index in [9.17, 15) is 5.11 Å². The zero-order valence-corrected chi connectivity index (χ0v) is 26.3. The van der Waals surface area contributed by atoms with Crippen molar-refractivity contribution in [3.05, 3.63) is 120 Å². The Kier molecular flexibility index (Phi) is 14.1. The van der Waals surface area contributed by atoms with Gasteiger partial charge in [0.15, 0.2) is 0 Å². The molecule has 0 fully saturated rings. The summed E-state index contributed by atoms with van der Waals surface area (Å²) in [6, 6.07) is 28.7. The van der Waals surface area contributed by atoms with Gasteiger partial charge in [0.1, 0.15) is 0 Å². The molecule has 0 bridgehead atoms. The molecule has 0 spiro atoms. The fourth-order valence-corrected chi connectivity index (χ4v) is 6.02. The van der Waals surface area contributed by atoms with Crippen LogP contribution in [0.1, 0.15) is 43.0 Å². The number of aliphatic imine (C=N–C) groups is 1. The van der Waals surface area contributed by atoms with Gasteiger partial charge in [-0.25, -0.2) is 0 Å². The maximum atomic E-state index is 12.7. The second-order valence-corrected chi connectivity index (χ2v) is 12.9. The third kappa shape index (κ3) is 9.02. The molecule has 0 aliphatic rings. The maximum Gasteiger partial charge on any atom is 0.0786 e. The Balaban J connectivity index is 0.000000623. The number of rotatable bonds is 9. The molecule has 2 nitrogen and oxygen atoms in total. The SMILES string of the molecule is C=CCc1cc(-c2ccccc2)c(N=Cc2cc(C)cc(C)c2[O-])c(-c2ccccc2)c1.CCP(CC)CC.[Ni]. The molecule has 0 aliphatic carbocycles. The van der Waals surface area contributed by atoms with Crippen molar-refractivity contribution in [3.63, 3.8) is 0 Å². The topological polar surface area (TPSA) is 35.4 Å². The van der Waals surface area contributed by atoms with Crippen molar-refractivity contribution in [1.29, 1.82) is 0 Å². The van der Waals surface area contributed by atoms with Crippen LogP contribution < -0.4 is 5.11 Å². The maximum absolute atomic E-state index is 12.7. The van der Waals surface area contributed by atoms with Gasteiger partial charge in [-0.05, 0) is 73.1 Å². The molecular formula is C36H41NNiOP-. The van der Waals surface area contributed by atoms with Gasteiger partial charge in [0.05, 0.1) is 5.69 Å². The van der Waals surface area contributed by atoms with Crippen molar-refractivity contribution in [3.8, 4) is 28.0 Å². The Bertz CT molecular complexity index is 1310. The van der Waals surface area contributed by atoms with Crippen LogP contribution in [0.4, 0.5) is 5.69 Å². The van der Waals surface area contributed by atoms with E-state index in [4.69, 9.17) is 4.99 Å². The van der Waals surface area contributed by atoms with E-state index in [1.54, 1.807) is 6.21 Å². The fraction of sp³-hybridized carbons (Fsp3) is 0.250. The van der Waals surface area contributed by atoms with Crippen molar-refractivity contribution >= 4 is 19.8 Å². The van der Waals surface area contributed by atoms with E-state index in [-0.39, 0.29) is 22.2 Å². The molecular weight excluding hydrogens is 552 g/mol. The Morgan fingerprint density at radius 3 is 1.70 bits per heavy atom. The zero-order valence-electron chi connectivity index (χ0n) is 24.4. The molecule has 4 heteroatoms. The van der Waals surface area contributed by atoms with Crippen LogP contribution in [0.3, 0.4) is 0 Å². The van der Waals surface area contributed by atoms with E-state index in [0.29, 0.717) is 13.5 Å².